The summed E-state index contributed by atoms with van der Waals surface area (Å²) in [6.07, 6.45) is 5.58. The van der Waals surface area contributed by atoms with Gasteiger partial charge in [-0.1, -0.05) is 39.2 Å². The number of carbonyl (C=O) groups excluding carboxylic acids is 1. The van der Waals surface area contributed by atoms with Crippen LogP contribution in [0.25, 0.3) is 5.57 Å². The first kappa shape index (κ1) is 24.8. The van der Waals surface area contributed by atoms with Gasteiger partial charge in [-0.2, -0.15) is 0 Å². The Morgan fingerprint density at radius 3 is 2.42 bits per heavy atom. The summed E-state index contributed by atoms with van der Waals surface area (Å²) in [5.41, 5.74) is 1.42. The lowest BCUT2D eigenvalue weighted by Crippen LogP contribution is -2.42. The molecule has 1 aromatic rings. The molecule has 0 aliphatic carbocycles. The van der Waals surface area contributed by atoms with Crippen molar-refractivity contribution in [3.63, 3.8) is 0 Å². The molecule has 0 fully saturated rings. The molecule has 8 heteroatoms. The average Bonchev–Trinajstić information content (AvgIpc) is 2.75. The van der Waals surface area contributed by atoms with Crippen molar-refractivity contribution in [3.05, 3.63) is 35.3 Å². The highest BCUT2D eigenvalue weighted by atomic mass is 32.2. The third kappa shape index (κ3) is 5.06. The predicted octanol–water partition coefficient (Wildman–Crippen LogP) is 4.10. The minimum Gasteiger partial charge on any atom is -0.493 e. The molecular weight excluding hydrogens is 416 g/mol. The highest BCUT2D eigenvalue weighted by Gasteiger charge is 2.39. The van der Waals surface area contributed by atoms with E-state index in [2.05, 4.69) is 25.7 Å². The van der Waals surface area contributed by atoms with Crippen LogP contribution in [0.4, 0.5) is 5.69 Å². The van der Waals surface area contributed by atoms with Gasteiger partial charge in [0.05, 0.1) is 26.5 Å². The van der Waals surface area contributed by atoms with Crippen LogP contribution in [0.3, 0.4) is 0 Å². The topological polar surface area (TPSA) is 84.9 Å². The van der Waals surface area contributed by atoms with E-state index in [0.29, 0.717) is 40.8 Å². The smallest absolute Gasteiger partial charge is 0.270 e. The maximum Gasteiger partial charge on any atom is 0.270 e. The Bertz CT molecular complexity index is 953. The number of rotatable bonds is 11. The second-order valence-corrected chi connectivity index (χ2v) is 9.43. The van der Waals surface area contributed by atoms with Crippen LogP contribution in [-0.4, -0.2) is 41.6 Å². The molecule has 1 unspecified atom stereocenters. The van der Waals surface area contributed by atoms with Crippen LogP contribution in [0.5, 0.6) is 11.5 Å². The molecule has 0 radical (unpaired) electrons. The van der Waals surface area contributed by atoms with E-state index in [0.717, 1.165) is 25.7 Å². The number of methoxy groups -OCH3 is 2. The molecule has 1 aromatic carbocycles. The zero-order valence-corrected chi connectivity index (χ0v) is 20.0. The average molecular weight is 451 g/mol. The largest absolute Gasteiger partial charge is 0.493 e. The monoisotopic (exact) mass is 450 g/mol. The lowest BCUT2D eigenvalue weighted by molar-refractivity contribution is -0.117. The van der Waals surface area contributed by atoms with E-state index >= 15 is 0 Å². The van der Waals surface area contributed by atoms with Crippen molar-refractivity contribution >= 4 is 27.2 Å². The molecule has 31 heavy (non-hydrogen) atoms. The molecule has 1 aliphatic rings. The summed E-state index contributed by atoms with van der Waals surface area (Å²) in [6, 6.07) is 3.32. The Balaban J connectivity index is 2.53. The molecule has 1 heterocycles. The van der Waals surface area contributed by atoms with Crippen molar-refractivity contribution in [3.8, 4) is 11.5 Å². The molecule has 0 saturated heterocycles. The van der Waals surface area contributed by atoms with E-state index in [-0.39, 0.29) is 11.4 Å². The highest BCUT2D eigenvalue weighted by molar-refractivity contribution is 7.97. The summed E-state index contributed by atoms with van der Waals surface area (Å²) in [5.74, 6) is 0.607. The van der Waals surface area contributed by atoms with Gasteiger partial charge in [-0.25, -0.2) is 8.42 Å². The maximum atomic E-state index is 13.4. The standard InChI is InChI=1S/C23H34N2O5S/c1-7-10-11-17(9-3)15-24-23(26)22-16(4)18-13-20(29-5)21(30-6)14-19(18)25(12-8-2)31(22,27)28/h8,13-14,17H,2,7,9-12,15H2,1,3-6H3,(H,24,26). The van der Waals surface area contributed by atoms with Gasteiger partial charge < -0.3 is 14.8 Å². The SMILES string of the molecule is C=CCN1c2cc(OC)c(OC)cc2C(C)=C(C(=O)NCC(CC)CCCC)S1(=O)=O. The summed E-state index contributed by atoms with van der Waals surface area (Å²) in [4.78, 5) is 12.9. The van der Waals surface area contributed by atoms with Crippen molar-refractivity contribution in [1.29, 1.82) is 0 Å². The van der Waals surface area contributed by atoms with Crippen LogP contribution in [0.15, 0.2) is 29.7 Å². The number of fused-ring (bicyclic) bond motifs is 1. The number of sulfonamides is 1. The minimum absolute atomic E-state index is 0.0307. The van der Waals surface area contributed by atoms with E-state index in [1.165, 1.54) is 24.6 Å². The Hall–Kier alpha value is -2.48. The lowest BCUT2D eigenvalue weighted by atomic mass is 9.99. The number of hydrogen-bond acceptors (Lipinski definition) is 5. The fourth-order valence-corrected chi connectivity index (χ4v) is 5.53. The van der Waals surface area contributed by atoms with Gasteiger partial charge in [-0.15, -0.1) is 6.58 Å². The number of carbonyl (C=O) groups is 1. The molecule has 172 valence electrons. The van der Waals surface area contributed by atoms with Gasteiger partial charge in [0.15, 0.2) is 16.4 Å². The van der Waals surface area contributed by atoms with Crippen LogP contribution in [-0.2, 0) is 14.8 Å². The van der Waals surface area contributed by atoms with Crippen LogP contribution >= 0.6 is 0 Å². The minimum atomic E-state index is -4.07. The zero-order valence-electron chi connectivity index (χ0n) is 19.2. The molecule has 7 nitrogen and oxygen atoms in total. The van der Waals surface area contributed by atoms with Crippen LogP contribution < -0.4 is 19.1 Å². The number of nitrogens with one attached hydrogen (secondary N) is 1. The number of ether oxygens (including phenoxy) is 2. The summed E-state index contributed by atoms with van der Waals surface area (Å²) in [7, 11) is -1.07. The molecule has 0 spiro atoms. The van der Waals surface area contributed by atoms with Crippen molar-refractivity contribution in [2.45, 2.75) is 46.5 Å². The Labute approximate surface area is 186 Å². The number of unbranched alkanes of at least 4 members (excludes halogenated alkanes) is 1. The van der Waals surface area contributed by atoms with E-state index in [1.54, 1.807) is 19.1 Å². The summed E-state index contributed by atoms with van der Waals surface area (Å²) in [5, 5.41) is 2.86. The first-order valence-electron chi connectivity index (χ1n) is 10.7. The van der Waals surface area contributed by atoms with Crippen LogP contribution in [0, 0.1) is 5.92 Å². The fraction of sp³-hybridized carbons (Fsp3) is 0.522. The molecule has 1 atom stereocenters. The molecular formula is C23H34N2O5S. The van der Waals surface area contributed by atoms with E-state index in [9.17, 15) is 13.2 Å². The van der Waals surface area contributed by atoms with Gasteiger partial charge in [0.1, 0.15) is 0 Å². The van der Waals surface area contributed by atoms with Crippen molar-refractivity contribution in [2.24, 2.45) is 5.92 Å². The third-order valence-electron chi connectivity index (χ3n) is 5.66. The summed E-state index contributed by atoms with van der Waals surface area (Å²) >= 11 is 0. The van der Waals surface area contributed by atoms with Gasteiger partial charge in [-0.05, 0) is 30.9 Å². The molecule has 0 aromatic heterocycles. The van der Waals surface area contributed by atoms with Crippen LogP contribution in [0.2, 0.25) is 0 Å². The van der Waals surface area contributed by atoms with Crippen LogP contribution in [0.1, 0.15) is 52.0 Å². The number of hydrogen-bond donors (Lipinski definition) is 1. The Kier molecular flexibility index (Phi) is 8.56. The molecule has 1 N–H and O–H groups in total. The molecule has 2 rings (SSSR count). The first-order valence-corrected chi connectivity index (χ1v) is 12.1. The first-order chi connectivity index (χ1) is 14.8. The van der Waals surface area contributed by atoms with Gasteiger partial charge in [0.25, 0.3) is 15.9 Å². The molecule has 1 amide bonds. The molecule has 0 bridgehead atoms. The highest BCUT2D eigenvalue weighted by Crippen LogP contribution is 2.44. The van der Waals surface area contributed by atoms with E-state index < -0.39 is 15.9 Å². The van der Waals surface area contributed by atoms with Crippen molar-refractivity contribution in [2.75, 3.05) is 31.6 Å². The van der Waals surface area contributed by atoms with E-state index in [1.807, 2.05) is 0 Å². The van der Waals surface area contributed by atoms with Gasteiger partial charge >= 0.3 is 0 Å². The number of benzene rings is 1. The Morgan fingerprint density at radius 1 is 1.23 bits per heavy atom. The number of amides is 1. The summed E-state index contributed by atoms with van der Waals surface area (Å²) in [6.45, 7) is 10.0. The van der Waals surface area contributed by atoms with E-state index in [4.69, 9.17) is 9.47 Å². The molecule has 1 aliphatic heterocycles. The number of allylic oxidation sites excluding steroid dienone is 1. The molecule has 0 saturated carbocycles. The van der Waals surface area contributed by atoms with Gasteiger partial charge in [0, 0.05) is 18.2 Å². The normalized spacial score (nSPS) is 15.8. The number of nitrogens with zero attached hydrogens (tertiary/aromatic N) is 1. The quantitative estimate of drug-likeness (QED) is 0.513. The fourth-order valence-electron chi connectivity index (χ4n) is 3.79. The second-order valence-electron chi connectivity index (χ2n) is 7.63. The van der Waals surface area contributed by atoms with Gasteiger partial charge in [-0.3, -0.25) is 9.10 Å². The lowest BCUT2D eigenvalue weighted by Gasteiger charge is -2.32. The second kappa shape index (κ2) is 10.7. The zero-order chi connectivity index (χ0) is 23.2. The third-order valence-corrected chi connectivity index (χ3v) is 7.59. The van der Waals surface area contributed by atoms with Gasteiger partial charge in [0.2, 0.25) is 0 Å². The van der Waals surface area contributed by atoms with Crippen molar-refractivity contribution < 1.29 is 22.7 Å². The predicted molar refractivity (Wildman–Crippen MR) is 125 cm³/mol. The number of anilines is 1. The maximum absolute atomic E-state index is 13.4. The summed E-state index contributed by atoms with van der Waals surface area (Å²) < 4.78 is 38.8. The van der Waals surface area contributed by atoms with Crippen molar-refractivity contribution in [1.82, 2.24) is 5.32 Å². The Morgan fingerprint density at radius 2 is 1.87 bits per heavy atom.